The maximum atomic E-state index is 12.2. The number of rotatable bonds is 3. The molecule has 17 heavy (non-hydrogen) atoms. The lowest BCUT2D eigenvalue weighted by Gasteiger charge is -2.23. The smallest absolute Gasteiger partial charge is 0.261 e. The van der Waals surface area contributed by atoms with Gasteiger partial charge in [-0.25, -0.2) is 0 Å². The molecule has 1 aliphatic rings. The molecule has 2 amide bonds. The van der Waals surface area contributed by atoms with Crippen LogP contribution in [0.25, 0.3) is 0 Å². The summed E-state index contributed by atoms with van der Waals surface area (Å²) >= 11 is 0. The van der Waals surface area contributed by atoms with E-state index in [4.69, 9.17) is 1.37 Å². The van der Waals surface area contributed by atoms with Gasteiger partial charge in [0.2, 0.25) is 0 Å². The molecule has 0 saturated carbocycles. The second-order valence-electron chi connectivity index (χ2n) is 4.70. The Morgan fingerprint density at radius 3 is 2.00 bits per heavy atom. The van der Waals surface area contributed by atoms with Crippen molar-refractivity contribution in [2.75, 3.05) is 0 Å². The molecule has 0 saturated heterocycles. The van der Waals surface area contributed by atoms with Gasteiger partial charge in [0, 0.05) is 7.41 Å². The van der Waals surface area contributed by atoms with E-state index in [-0.39, 0.29) is 17.7 Å². The second kappa shape index (κ2) is 4.32. The fraction of sp³-hybridized carbons (Fsp3) is 0.429. The van der Waals surface area contributed by atoms with Gasteiger partial charge in [0.25, 0.3) is 11.8 Å². The van der Waals surface area contributed by atoms with Gasteiger partial charge in [-0.3, -0.25) is 14.5 Å². The van der Waals surface area contributed by atoms with Crippen molar-refractivity contribution in [1.82, 2.24) is 4.90 Å². The number of fused-ring (bicyclic) bond motifs is 1. The predicted molar refractivity (Wildman–Crippen MR) is 65.9 cm³/mol. The van der Waals surface area contributed by atoms with Gasteiger partial charge in [0.15, 0.2) is 0 Å². The molecule has 0 unspecified atom stereocenters. The van der Waals surface area contributed by atoms with Crippen molar-refractivity contribution in [3.63, 3.8) is 0 Å². The molecule has 3 nitrogen and oxygen atoms in total. The Balaban J connectivity index is 2.34. The van der Waals surface area contributed by atoms with E-state index in [2.05, 4.69) is 0 Å². The highest BCUT2D eigenvalue weighted by Crippen LogP contribution is 2.26. The summed E-state index contributed by atoms with van der Waals surface area (Å²) in [6, 6.07) is 6.42. The number of imide groups is 1. The molecule has 1 aliphatic heterocycles. The van der Waals surface area contributed by atoms with E-state index in [1.54, 1.807) is 31.2 Å². The Kier molecular flexibility index (Phi) is 2.67. The van der Waals surface area contributed by atoms with Crippen LogP contribution in [-0.2, 0) is 0 Å². The van der Waals surface area contributed by atoms with Crippen LogP contribution in [-0.4, -0.2) is 22.8 Å². The van der Waals surface area contributed by atoms with E-state index >= 15 is 0 Å². The molecule has 2 atom stereocenters. The summed E-state index contributed by atoms with van der Waals surface area (Å²) in [5.74, 6) is -0.452. The van der Waals surface area contributed by atoms with Crippen LogP contribution in [0.15, 0.2) is 24.3 Å². The normalized spacial score (nSPS) is 19.3. The fourth-order valence-corrected chi connectivity index (χ4v) is 2.22. The van der Waals surface area contributed by atoms with E-state index in [0.717, 1.165) is 0 Å². The Morgan fingerprint density at radius 2 is 1.59 bits per heavy atom. The third-order valence-electron chi connectivity index (χ3n) is 2.90. The molecule has 1 aromatic rings. The minimum atomic E-state index is -0.466. The molecule has 0 fully saturated rings. The number of amides is 2. The molecule has 0 radical (unpaired) electrons. The van der Waals surface area contributed by atoms with Crippen LogP contribution in [0.1, 0.15) is 49.3 Å². The van der Waals surface area contributed by atoms with Crippen LogP contribution in [0.5, 0.6) is 0 Å². The first-order valence-corrected chi connectivity index (χ1v) is 5.84. The van der Waals surface area contributed by atoms with Crippen LogP contribution < -0.4 is 0 Å². The van der Waals surface area contributed by atoms with E-state index in [0.29, 0.717) is 11.1 Å². The Bertz CT molecular complexity index is 463. The maximum absolute atomic E-state index is 12.2. The first-order valence-electron chi connectivity index (χ1n) is 6.42. The molecule has 0 aromatic heterocycles. The molecule has 90 valence electrons. The lowest BCUT2D eigenvalue weighted by atomic mass is 10.0. The summed E-state index contributed by atoms with van der Waals surface area (Å²) in [4.78, 5) is 25.6. The van der Waals surface area contributed by atoms with Crippen molar-refractivity contribution in [1.29, 1.82) is 0 Å². The molecule has 0 aliphatic carbocycles. The highest BCUT2D eigenvalue weighted by atomic mass is 16.2. The molecule has 0 spiro atoms. The van der Waals surface area contributed by atoms with Gasteiger partial charge in [-0.05, 0) is 31.4 Å². The zero-order chi connectivity index (χ0) is 13.4. The highest BCUT2D eigenvalue weighted by molar-refractivity contribution is 6.21. The van der Waals surface area contributed by atoms with Crippen LogP contribution in [0.2, 0.25) is 0 Å². The van der Waals surface area contributed by atoms with Crippen molar-refractivity contribution in [3.05, 3.63) is 35.4 Å². The van der Waals surface area contributed by atoms with Crippen LogP contribution in [0.4, 0.5) is 0 Å². The zero-order valence-electron chi connectivity index (χ0n) is 11.3. The standard InChI is InChI=1S/C14H17NO2/c1-9(2)8-10(3)15-13(16)11-6-4-5-7-12(11)14(15)17/h4-7,9-10H,8H2,1-3H3/t10-/m0/s1/i8D/t8-,10-. The van der Waals surface area contributed by atoms with Gasteiger partial charge >= 0.3 is 0 Å². The number of carbonyl (C=O) groups excluding carboxylic acids is 2. The van der Waals surface area contributed by atoms with Gasteiger partial charge in [-0.2, -0.15) is 0 Å². The first-order chi connectivity index (χ1) is 8.45. The van der Waals surface area contributed by atoms with Crippen LogP contribution in [0, 0.1) is 5.92 Å². The average Bonchev–Trinajstić information content (AvgIpc) is 2.61. The topological polar surface area (TPSA) is 37.4 Å². The lowest BCUT2D eigenvalue weighted by Crippen LogP contribution is -2.38. The van der Waals surface area contributed by atoms with E-state index in [9.17, 15) is 9.59 Å². The lowest BCUT2D eigenvalue weighted by molar-refractivity contribution is 0.0581. The number of carbonyl (C=O) groups is 2. The summed E-state index contributed by atoms with van der Waals surface area (Å²) in [7, 11) is 0. The minimum absolute atomic E-state index is 0.101. The van der Waals surface area contributed by atoms with Gasteiger partial charge < -0.3 is 0 Å². The summed E-state index contributed by atoms with van der Waals surface area (Å²) in [5, 5.41) is 0. The van der Waals surface area contributed by atoms with Crippen LogP contribution in [0.3, 0.4) is 0 Å². The Hall–Kier alpha value is -1.64. The molecule has 1 heterocycles. The molecular weight excluding hydrogens is 214 g/mol. The summed E-state index contributed by atoms with van der Waals surface area (Å²) in [6.45, 7) is 5.61. The fourth-order valence-electron chi connectivity index (χ4n) is 2.22. The van der Waals surface area contributed by atoms with Gasteiger partial charge in [-0.15, -0.1) is 0 Å². The minimum Gasteiger partial charge on any atom is -0.271 e. The van der Waals surface area contributed by atoms with Crippen molar-refractivity contribution >= 4 is 11.8 Å². The summed E-state index contributed by atoms with van der Waals surface area (Å²) < 4.78 is 8.04. The molecule has 0 N–H and O–H groups in total. The van der Waals surface area contributed by atoms with E-state index < -0.39 is 12.4 Å². The largest absolute Gasteiger partial charge is 0.271 e. The molecule has 1 aromatic carbocycles. The maximum Gasteiger partial charge on any atom is 0.261 e. The first kappa shape index (κ1) is 10.5. The average molecular weight is 232 g/mol. The molecular formula is C14H17NO2. The summed E-state index contributed by atoms with van der Waals surface area (Å²) in [5.41, 5.74) is 0.899. The molecule has 0 bridgehead atoms. The van der Waals surface area contributed by atoms with Crippen LogP contribution >= 0.6 is 0 Å². The third-order valence-corrected chi connectivity index (χ3v) is 2.90. The quantitative estimate of drug-likeness (QED) is 0.751. The SMILES string of the molecule is [2H][C@@H](C(C)C)[C@H](C)N1C(=O)c2ccccc2C1=O. The second-order valence-corrected chi connectivity index (χ2v) is 4.70. The Labute approximate surface area is 103 Å². The van der Waals surface area contributed by atoms with Crippen molar-refractivity contribution < 1.29 is 11.0 Å². The highest BCUT2D eigenvalue weighted by Gasteiger charge is 2.37. The third kappa shape index (κ3) is 1.97. The summed E-state index contributed by atoms with van der Waals surface area (Å²) in [6.07, 6.45) is -0.466. The van der Waals surface area contributed by atoms with E-state index in [1.165, 1.54) is 4.90 Å². The van der Waals surface area contributed by atoms with Gasteiger partial charge in [-0.1, -0.05) is 26.0 Å². The van der Waals surface area contributed by atoms with Crippen molar-refractivity contribution in [3.8, 4) is 0 Å². The Morgan fingerprint density at radius 1 is 1.12 bits per heavy atom. The monoisotopic (exact) mass is 232 g/mol. The van der Waals surface area contributed by atoms with Gasteiger partial charge in [0.05, 0.1) is 11.1 Å². The predicted octanol–water partition coefficient (Wildman–Crippen LogP) is 2.72. The van der Waals surface area contributed by atoms with Crippen molar-refractivity contribution in [2.45, 2.75) is 33.2 Å². The van der Waals surface area contributed by atoms with Crippen molar-refractivity contribution in [2.24, 2.45) is 5.92 Å². The number of hydrogen-bond acceptors (Lipinski definition) is 2. The number of benzene rings is 1. The molecule has 2 rings (SSSR count). The van der Waals surface area contributed by atoms with Gasteiger partial charge in [0.1, 0.15) is 0 Å². The zero-order valence-corrected chi connectivity index (χ0v) is 10.3. The number of hydrogen-bond donors (Lipinski definition) is 0. The number of nitrogens with zero attached hydrogens (tertiary/aromatic N) is 1. The molecule has 3 heteroatoms. The van der Waals surface area contributed by atoms with E-state index in [1.807, 2.05) is 13.8 Å².